The zero-order valence-corrected chi connectivity index (χ0v) is 40.9. The molecule has 4 unspecified atom stereocenters. The number of rotatable bonds is 18. The van der Waals surface area contributed by atoms with Gasteiger partial charge in [0, 0.05) is 29.2 Å². The number of nitrogens with one attached hydrogen (secondary N) is 6. The third-order valence-corrected chi connectivity index (χ3v) is 14.3. The second-order valence-electron chi connectivity index (χ2n) is 17.1. The summed E-state index contributed by atoms with van der Waals surface area (Å²) in [6.45, 7) is 1.09. The summed E-state index contributed by atoms with van der Waals surface area (Å²) < 4.78 is 28.6. The average Bonchev–Trinajstić information content (AvgIpc) is 4.02. The minimum atomic E-state index is -1.01. The molecule has 3 radical (unpaired) electrons. The maximum atomic E-state index is 15.4. The Hall–Kier alpha value is -6.44. The molecule has 0 bridgehead atoms. The van der Waals surface area contributed by atoms with Crippen molar-refractivity contribution < 1.29 is 57.0 Å². The second-order valence-corrected chi connectivity index (χ2v) is 18.7. The number of esters is 1. The molecule has 0 spiro atoms. The predicted octanol–water partition coefficient (Wildman–Crippen LogP) is -1.26. The average molecular weight is 1130 g/mol. The van der Waals surface area contributed by atoms with Crippen LogP contribution >= 0.6 is 0 Å². The number of hydrogen-bond acceptors (Lipinski definition) is 13. The van der Waals surface area contributed by atoms with Crippen molar-refractivity contribution in [2.45, 2.75) is 87.2 Å². The Kier molecular flexibility index (Phi) is 14.2. The van der Waals surface area contributed by atoms with Gasteiger partial charge in [-0.3, -0.25) is 19.2 Å². The molecular formula is C45H47FN9O12Pb. The van der Waals surface area contributed by atoms with Crippen LogP contribution in [0.5, 0.6) is 0 Å². The number of amides is 8. The van der Waals surface area contributed by atoms with Crippen LogP contribution in [-0.4, -0.2) is 139 Å². The Morgan fingerprint density at radius 1 is 0.882 bits per heavy atom. The molecule has 1 saturated carbocycles. The van der Waals surface area contributed by atoms with E-state index in [1.165, 1.54) is 6.07 Å². The van der Waals surface area contributed by atoms with Crippen LogP contribution in [0.4, 0.5) is 4.39 Å². The zero-order chi connectivity index (χ0) is 48.6. The van der Waals surface area contributed by atoms with Gasteiger partial charge in [-0.2, -0.15) is 0 Å². The Morgan fingerprint density at radius 2 is 1.57 bits per heavy atom. The number of halogens is 1. The number of benzene rings is 1. The topological polar surface area (TPSA) is 282 Å². The standard InChI is InChI=1S/C45H47FN9O12.Pb/c1-4-23-25-11-31-40-26(16-54(31)44(64)27(25)18-66-45(23)65)39-29(8-7-24-20(2)28(46)12-30(52-40)38(24)39)53-43(63)41(22-5-6-22)67-19-50-33(57)14-49-42(62)21(3)51-34(58)15-47-32(56)13-48-35(59)17-55-36(60)9-10-37(55)61;/h9-12,21-23,29,41H,3-8,13-19H2,1-2H3,(H,47,56)(H,48,59)(H,49,62)(H,50,57)(H,51,58)(H,53,63);. The van der Waals surface area contributed by atoms with Gasteiger partial charge < -0.3 is 9.30 Å². The number of ether oxygens (including phenoxy) is 2. The SMILES string of the molecule is CCC1C(=O)OCc2c1cc1n(c2=O)Cc2c-1nc1cc(F)c(C)c3c1c2C(NC(=O)C(OCNC(=O)CNC(=O)C([CH2][Pb])NC(=O)CNC(=O)CNC(=O)CN1C(=O)C=CC1=O)C1CC1)CC3. The van der Waals surface area contributed by atoms with E-state index < -0.39 is 109 Å². The number of carbonyl (C=O) groups is 9. The van der Waals surface area contributed by atoms with Crippen molar-refractivity contribution in [2.75, 3.05) is 32.9 Å². The minimum absolute atomic E-state index is 0.120. The van der Waals surface area contributed by atoms with Crippen molar-refractivity contribution in [3.05, 3.63) is 73.8 Å². The van der Waals surface area contributed by atoms with Crippen molar-refractivity contribution in [3.63, 3.8) is 0 Å². The summed E-state index contributed by atoms with van der Waals surface area (Å²) in [5.74, 6) is -6.78. The first-order valence-corrected chi connectivity index (χ1v) is 24.9. The Morgan fingerprint density at radius 3 is 2.28 bits per heavy atom. The van der Waals surface area contributed by atoms with Gasteiger partial charge in [-0.05, 0) is 54.5 Å². The van der Waals surface area contributed by atoms with Gasteiger partial charge in [-0.25, -0.2) is 9.37 Å². The van der Waals surface area contributed by atoms with E-state index in [2.05, 4.69) is 31.9 Å². The second kappa shape index (κ2) is 20.0. The number of aromatic nitrogens is 2. The van der Waals surface area contributed by atoms with E-state index >= 15 is 4.39 Å². The summed E-state index contributed by atoms with van der Waals surface area (Å²) >= 11 is 0.491. The Balaban J connectivity index is 0.849. The van der Waals surface area contributed by atoms with E-state index in [1.54, 1.807) is 11.5 Å². The molecular weight excluding hydrogens is 1080 g/mol. The van der Waals surface area contributed by atoms with Crippen LogP contribution in [0.25, 0.3) is 22.3 Å². The first kappa shape index (κ1) is 48.0. The number of pyridine rings is 2. The molecule has 4 atom stereocenters. The molecule has 1 aromatic carbocycles. The molecule has 2 aliphatic carbocycles. The van der Waals surface area contributed by atoms with Crippen molar-refractivity contribution in [1.82, 2.24) is 46.4 Å². The van der Waals surface area contributed by atoms with Crippen LogP contribution < -0.4 is 37.5 Å². The van der Waals surface area contributed by atoms with E-state index in [1.807, 2.05) is 13.0 Å². The van der Waals surface area contributed by atoms with Gasteiger partial charge in [-0.1, -0.05) is 6.92 Å². The number of carbonyl (C=O) groups excluding carboxylic acids is 9. The van der Waals surface area contributed by atoms with Gasteiger partial charge in [-0.15, -0.1) is 0 Å². The van der Waals surface area contributed by atoms with Crippen LogP contribution in [0.2, 0.25) is 3.98 Å². The molecule has 8 rings (SSSR count). The summed E-state index contributed by atoms with van der Waals surface area (Å²) in [5.41, 5.74) is 4.80. The summed E-state index contributed by atoms with van der Waals surface area (Å²) in [7, 11) is 0. The normalized spacial score (nSPS) is 18.5. The first-order chi connectivity index (χ1) is 32.6. The minimum Gasteiger partial charge on any atom is -0.0245 e. The molecule has 1 fully saturated rings. The maximum absolute atomic E-state index is 15.4. The smallest absolute Gasteiger partial charge is 0.0245 e. The van der Waals surface area contributed by atoms with E-state index in [0.29, 0.717) is 96.4 Å². The number of cyclic esters (lactones) is 1. The Bertz CT molecular complexity index is 2770. The Labute approximate surface area is 402 Å². The zero-order valence-electron chi connectivity index (χ0n) is 37.0. The molecule has 5 heterocycles. The van der Waals surface area contributed by atoms with E-state index in [4.69, 9.17) is 14.5 Å². The molecule has 2 aromatic heterocycles. The van der Waals surface area contributed by atoms with Crippen molar-refractivity contribution >= 4 is 89.9 Å². The van der Waals surface area contributed by atoms with Crippen LogP contribution in [0.3, 0.4) is 0 Å². The van der Waals surface area contributed by atoms with Gasteiger partial charge in [0.05, 0.1) is 41.0 Å². The number of nitrogens with zero attached hydrogens (tertiary/aromatic N) is 3. The fourth-order valence-corrected chi connectivity index (χ4v) is 10.1. The molecule has 68 heavy (non-hydrogen) atoms. The first-order valence-electron chi connectivity index (χ1n) is 22.1. The third-order valence-electron chi connectivity index (χ3n) is 12.7. The monoisotopic (exact) mass is 1130 g/mol. The third kappa shape index (κ3) is 9.77. The van der Waals surface area contributed by atoms with Gasteiger partial charge >= 0.3 is 205 Å². The number of aryl methyl sites for hydroxylation is 1. The van der Waals surface area contributed by atoms with Crippen LogP contribution in [0, 0.1) is 18.7 Å². The summed E-state index contributed by atoms with van der Waals surface area (Å²) in [4.78, 5) is 132. The fourth-order valence-electron chi connectivity index (χ4n) is 9.03. The van der Waals surface area contributed by atoms with E-state index in [-0.39, 0.29) is 35.3 Å². The van der Waals surface area contributed by atoms with Gasteiger partial charge in [0.15, 0.2) is 0 Å². The number of hydrogen-bond donors (Lipinski definition) is 6. The van der Waals surface area contributed by atoms with Crippen molar-refractivity contribution in [2.24, 2.45) is 5.92 Å². The van der Waals surface area contributed by atoms with E-state index in [9.17, 15) is 47.9 Å². The van der Waals surface area contributed by atoms with Crippen molar-refractivity contribution in [1.29, 1.82) is 0 Å². The molecule has 21 nitrogen and oxygen atoms in total. The number of imide groups is 1. The quantitative estimate of drug-likeness (QED) is 0.0294. The number of fused-ring (bicyclic) bond motifs is 5. The molecule has 3 aromatic rings. The summed E-state index contributed by atoms with van der Waals surface area (Å²) in [5, 5.41) is 15.9. The van der Waals surface area contributed by atoms with E-state index in [0.717, 1.165) is 34.2 Å². The predicted molar refractivity (Wildman–Crippen MR) is 235 cm³/mol. The molecule has 5 aliphatic rings. The summed E-state index contributed by atoms with van der Waals surface area (Å²) in [6.07, 6.45) is 3.84. The van der Waals surface area contributed by atoms with Crippen LogP contribution in [0.15, 0.2) is 29.1 Å². The van der Waals surface area contributed by atoms with Gasteiger partial charge in [0.1, 0.15) is 12.4 Å². The molecule has 355 valence electrons. The molecule has 0 saturated heterocycles. The van der Waals surface area contributed by atoms with Crippen LogP contribution in [0.1, 0.15) is 77.9 Å². The molecule has 3 aliphatic heterocycles. The summed E-state index contributed by atoms with van der Waals surface area (Å²) in [6, 6.07) is 1.62. The molecule has 6 N–H and O–H groups in total. The molecule has 23 heteroatoms. The van der Waals surface area contributed by atoms with Gasteiger partial charge in [0.25, 0.3) is 17.4 Å². The van der Waals surface area contributed by atoms with Crippen LogP contribution in [-0.2, 0) is 72.2 Å². The molecule has 8 amide bonds. The van der Waals surface area contributed by atoms with Crippen molar-refractivity contribution in [3.8, 4) is 11.4 Å². The van der Waals surface area contributed by atoms with Gasteiger partial charge in [0.2, 0.25) is 0 Å². The fraction of sp³-hybridized carbons (Fsp3) is 0.444.